The summed E-state index contributed by atoms with van der Waals surface area (Å²) in [6.07, 6.45) is 5.93. The Morgan fingerprint density at radius 3 is 2.19 bits per heavy atom. The molecule has 1 fully saturated rings. The van der Waals surface area contributed by atoms with Gasteiger partial charge in [0.25, 0.3) is 0 Å². The van der Waals surface area contributed by atoms with Crippen LogP contribution >= 0.6 is 11.8 Å². The molecular formula is C18H29NOS. The van der Waals surface area contributed by atoms with Crippen molar-refractivity contribution in [1.29, 1.82) is 0 Å². The van der Waals surface area contributed by atoms with Crippen LogP contribution in [0.15, 0.2) is 30.3 Å². The fourth-order valence-electron chi connectivity index (χ4n) is 3.40. The van der Waals surface area contributed by atoms with E-state index in [0.717, 1.165) is 5.75 Å². The van der Waals surface area contributed by atoms with E-state index in [1.807, 2.05) is 11.8 Å². The Morgan fingerprint density at radius 2 is 1.67 bits per heavy atom. The van der Waals surface area contributed by atoms with Crippen molar-refractivity contribution in [3.05, 3.63) is 35.9 Å². The summed E-state index contributed by atoms with van der Waals surface area (Å²) in [5.74, 6) is 0.979. The molecule has 0 saturated carbocycles. The lowest BCUT2D eigenvalue weighted by molar-refractivity contribution is -0.303. The third-order valence-corrected chi connectivity index (χ3v) is 5.03. The maximum Gasteiger partial charge on any atom is 0.113 e. The lowest BCUT2D eigenvalue weighted by Gasteiger charge is -2.52. The van der Waals surface area contributed by atoms with Gasteiger partial charge in [-0.05, 0) is 58.8 Å². The van der Waals surface area contributed by atoms with E-state index in [1.165, 1.54) is 24.8 Å². The van der Waals surface area contributed by atoms with Crippen molar-refractivity contribution in [1.82, 2.24) is 5.06 Å². The van der Waals surface area contributed by atoms with Crippen molar-refractivity contribution in [2.24, 2.45) is 0 Å². The number of nitrogens with zero attached hydrogens (tertiary/aromatic N) is 1. The standard InChI is InChI=1S/C18H29NOS/c1-17(2)12-9-13-18(3,4)19(17)20-16(14-21-5)15-10-7-6-8-11-15/h6-8,10-11,16H,9,12-14H2,1-5H3. The van der Waals surface area contributed by atoms with E-state index in [0.29, 0.717) is 0 Å². The van der Waals surface area contributed by atoms with Gasteiger partial charge >= 0.3 is 0 Å². The molecule has 2 nitrogen and oxygen atoms in total. The van der Waals surface area contributed by atoms with Crippen LogP contribution < -0.4 is 0 Å². The summed E-state index contributed by atoms with van der Waals surface area (Å²) in [5, 5.41) is 2.28. The van der Waals surface area contributed by atoms with Gasteiger partial charge in [-0.15, -0.1) is 0 Å². The second kappa shape index (κ2) is 6.72. The van der Waals surface area contributed by atoms with E-state index in [1.54, 1.807) is 0 Å². The van der Waals surface area contributed by atoms with Crippen molar-refractivity contribution in [3.63, 3.8) is 0 Å². The summed E-state index contributed by atoms with van der Waals surface area (Å²) < 4.78 is 0. The molecule has 118 valence electrons. The molecule has 0 aromatic heterocycles. The maximum atomic E-state index is 6.56. The molecule has 1 atom stereocenters. The van der Waals surface area contributed by atoms with Gasteiger partial charge in [-0.1, -0.05) is 30.3 Å². The second-order valence-electron chi connectivity index (χ2n) is 7.23. The van der Waals surface area contributed by atoms with Gasteiger partial charge in [0.1, 0.15) is 6.10 Å². The summed E-state index contributed by atoms with van der Waals surface area (Å²) in [6.45, 7) is 9.20. The quantitative estimate of drug-likeness (QED) is 0.754. The average molecular weight is 308 g/mol. The molecule has 1 aromatic carbocycles. The molecule has 1 unspecified atom stereocenters. The Bertz CT molecular complexity index is 428. The van der Waals surface area contributed by atoms with Gasteiger partial charge in [0, 0.05) is 16.8 Å². The highest BCUT2D eigenvalue weighted by molar-refractivity contribution is 7.98. The van der Waals surface area contributed by atoms with Gasteiger partial charge in [-0.2, -0.15) is 16.8 Å². The molecule has 0 spiro atoms. The number of hydroxylamine groups is 2. The minimum atomic E-state index is 0.0905. The Kier molecular flexibility index (Phi) is 5.39. The zero-order valence-electron chi connectivity index (χ0n) is 14.1. The zero-order valence-corrected chi connectivity index (χ0v) is 14.9. The summed E-state index contributed by atoms with van der Waals surface area (Å²) >= 11 is 1.84. The van der Waals surface area contributed by atoms with Crippen molar-refractivity contribution < 1.29 is 4.84 Å². The van der Waals surface area contributed by atoms with Crippen molar-refractivity contribution in [3.8, 4) is 0 Å². The largest absolute Gasteiger partial charge is 0.289 e. The second-order valence-corrected chi connectivity index (χ2v) is 8.14. The molecular weight excluding hydrogens is 278 g/mol. The highest BCUT2D eigenvalue weighted by Crippen LogP contribution is 2.40. The molecule has 1 aliphatic rings. The van der Waals surface area contributed by atoms with Gasteiger partial charge in [-0.3, -0.25) is 4.84 Å². The molecule has 1 aliphatic heterocycles. The summed E-state index contributed by atoms with van der Waals surface area (Å²) in [7, 11) is 0. The first-order valence-electron chi connectivity index (χ1n) is 7.88. The molecule has 0 amide bonds. The third kappa shape index (κ3) is 4.02. The highest BCUT2D eigenvalue weighted by atomic mass is 32.2. The molecule has 21 heavy (non-hydrogen) atoms. The predicted octanol–water partition coefficient (Wildman–Crippen LogP) is 5.07. The molecule has 1 heterocycles. The summed E-state index contributed by atoms with van der Waals surface area (Å²) in [4.78, 5) is 6.56. The van der Waals surface area contributed by atoms with Crippen molar-refractivity contribution >= 4 is 11.8 Å². The molecule has 2 rings (SSSR count). The van der Waals surface area contributed by atoms with E-state index in [2.05, 4.69) is 69.3 Å². The topological polar surface area (TPSA) is 12.5 Å². The minimum absolute atomic E-state index is 0.0905. The number of rotatable bonds is 5. The fourth-order valence-corrected chi connectivity index (χ4v) is 3.95. The third-order valence-electron chi connectivity index (χ3n) is 4.40. The van der Waals surface area contributed by atoms with Crippen LogP contribution in [0.4, 0.5) is 0 Å². The molecule has 0 aliphatic carbocycles. The molecule has 0 radical (unpaired) electrons. The van der Waals surface area contributed by atoms with E-state index in [9.17, 15) is 0 Å². The average Bonchev–Trinajstić information content (AvgIpc) is 2.42. The molecule has 0 bridgehead atoms. The van der Waals surface area contributed by atoms with Crippen LogP contribution in [0, 0.1) is 0 Å². The monoisotopic (exact) mass is 307 g/mol. The number of thioether (sulfide) groups is 1. The maximum absolute atomic E-state index is 6.56. The fraction of sp³-hybridized carbons (Fsp3) is 0.667. The SMILES string of the molecule is CSCC(ON1C(C)(C)CCCC1(C)C)c1ccccc1. The van der Waals surface area contributed by atoms with Crippen molar-refractivity contribution in [2.45, 2.75) is 64.1 Å². The van der Waals surface area contributed by atoms with Gasteiger partial charge in [0.15, 0.2) is 0 Å². The Labute approximate surface area is 134 Å². The molecule has 1 saturated heterocycles. The number of hydrogen-bond acceptors (Lipinski definition) is 3. The van der Waals surface area contributed by atoms with Crippen LogP contribution in [0.5, 0.6) is 0 Å². The Balaban J connectivity index is 2.22. The number of piperidine rings is 1. The van der Waals surface area contributed by atoms with Crippen LogP contribution in [0.25, 0.3) is 0 Å². The zero-order chi connectivity index (χ0) is 15.5. The first kappa shape index (κ1) is 16.9. The van der Waals surface area contributed by atoms with E-state index < -0.39 is 0 Å². The van der Waals surface area contributed by atoms with Crippen LogP contribution in [0.3, 0.4) is 0 Å². The Morgan fingerprint density at radius 1 is 1.10 bits per heavy atom. The predicted molar refractivity (Wildman–Crippen MR) is 92.5 cm³/mol. The molecule has 1 aromatic rings. The lowest BCUT2D eigenvalue weighted by atomic mass is 9.82. The van der Waals surface area contributed by atoms with Gasteiger partial charge in [0.2, 0.25) is 0 Å². The minimum Gasteiger partial charge on any atom is -0.289 e. The molecule has 3 heteroatoms. The molecule has 0 N–H and O–H groups in total. The Hall–Kier alpha value is -0.510. The van der Waals surface area contributed by atoms with Crippen LogP contribution in [-0.4, -0.2) is 28.1 Å². The smallest absolute Gasteiger partial charge is 0.113 e. The first-order chi connectivity index (χ1) is 9.87. The number of hydrogen-bond donors (Lipinski definition) is 0. The lowest BCUT2D eigenvalue weighted by Crippen LogP contribution is -2.58. The van der Waals surface area contributed by atoms with Crippen LogP contribution in [0.2, 0.25) is 0 Å². The highest BCUT2D eigenvalue weighted by Gasteiger charge is 2.43. The van der Waals surface area contributed by atoms with Gasteiger partial charge < -0.3 is 0 Å². The summed E-state index contributed by atoms with van der Waals surface area (Å²) in [5.41, 5.74) is 1.45. The van der Waals surface area contributed by atoms with Gasteiger partial charge in [-0.25, -0.2) is 0 Å². The van der Waals surface area contributed by atoms with E-state index in [4.69, 9.17) is 4.84 Å². The van der Waals surface area contributed by atoms with Crippen molar-refractivity contribution in [2.75, 3.05) is 12.0 Å². The van der Waals surface area contributed by atoms with E-state index >= 15 is 0 Å². The first-order valence-corrected chi connectivity index (χ1v) is 9.27. The van der Waals surface area contributed by atoms with Gasteiger partial charge in [0.05, 0.1) is 0 Å². The summed E-state index contributed by atoms with van der Waals surface area (Å²) in [6, 6.07) is 10.6. The number of benzene rings is 1. The van der Waals surface area contributed by atoms with E-state index in [-0.39, 0.29) is 17.2 Å². The van der Waals surface area contributed by atoms with Crippen LogP contribution in [-0.2, 0) is 4.84 Å². The van der Waals surface area contributed by atoms with Crippen LogP contribution in [0.1, 0.15) is 58.6 Å². The normalized spacial score (nSPS) is 22.9.